The van der Waals surface area contributed by atoms with Gasteiger partial charge >= 0.3 is 12.2 Å². The Hall–Kier alpha value is -2.30. The van der Waals surface area contributed by atoms with Crippen LogP contribution in [0.3, 0.4) is 0 Å². The highest BCUT2D eigenvalue weighted by atomic mass is 19.4. The molecular weight excluding hydrogens is 345 g/mol. The van der Waals surface area contributed by atoms with Crippen molar-refractivity contribution in [1.29, 1.82) is 0 Å². The van der Waals surface area contributed by atoms with Gasteiger partial charge in [-0.2, -0.15) is 13.2 Å². The van der Waals surface area contributed by atoms with Crippen LogP contribution >= 0.6 is 0 Å². The molecule has 2 aliphatic heterocycles. The highest BCUT2D eigenvalue weighted by molar-refractivity contribution is 5.93. The van der Waals surface area contributed by atoms with Gasteiger partial charge in [-0.3, -0.25) is 10.2 Å². The molecule has 0 spiro atoms. The Morgan fingerprint density at radius 3 is 2.72 bits per heavy atom. The Morgan fingerprint density at radius 1 is 1.32 bits per heavy atom. The van der Waals surface area contributed by atoms with Crippen molar-refractivity contribution in [3.63, 3.8) is 0 Å². The van der Waals surface area contributed by atoms with Crippen molar-refractivity contribution < 1.29 is 31.9 Å². The zero-order chi connectivity index (χ0) is 18.0. The number of amides is 3. The number of hydrogen-bond donors (Lipinski definition) is 1. The van der Waals surface area contributed by atoms with Crippen molar-refractivity contribution in [2.24, 2.45) is 0 Å². The molecule has 3 heterocycles. The number of urea groups is 1. The van der Waals surface area contributed by atoms with Crippen LogP contribution in [0.1, 0.15) is 35.1 Å². The monoisotopic (exact) mass is 362 g/mol. The van der Waals surface area contributed by atoms with Crippen LogP contribution in [0.2, 0.25) is 0 Å². The molecule has 0 atom stereocenters. The summed E-state index contributed by atoms with van der Waals surface area (Å²) in [6, 6.07) is -0.904. The molecule has 0 radical (unpaired) electrons. The Morgan fingerprint density at radius 2 is 2.04 bits per heavy atom. The van der Waals surface area contributed by atoms with Gasteiger partial charge in [-0.25, -0.2) is 14.8 Å². The number of oxazole rings is 1. The number of halogens is 3. The summed E-state index contributed by atoms with van der Waals surface area (Å²) in [4.78, 5) is 28.8. The maximum Gasteiger partial charge on any atom is 0.406 e. The van der Waals surface area contributed by atoms with E-state index in [4.69, 9.17) is 9.15 Å². The fourth-order valence-corrected chi connectivity index (χ4v) is 2.75. The smallest absolute Gasteiger partial charge is 0.406 e. The van der Waals surface area contributed by atoms with Crippen molar-refractivity contribution in [3.05, 3.63) is 17.8 Å². The first-order valence-corrected chi connectivity index (χ1v) is 7.81. The lowest BCUT2D eigenvalue weighted by Gasteiger charge is -2.19. The average molecular weight is 362 g/mol. The molecule has 138 valence electrons. The number of hydrogen-bond acceptors (Lipinski definition) is 5. The molecule has 0 saturated carbocycles. The van der Waals surface area contributed by atoms with Crippen LogP contribution in [0, 0.1) is 0 Å². The highest BCUT2D eigenvalue weighted by Crippen LogP contribution is 2.26. The van der Waals surface area contributed by atoms with Crippen molar-refractivity contribution in [2.45, 2.75) is 24.9 Å². The van der Waals surface area contributed by atoms with Crippen LogP contribution in [-0.4, -0.2) is 65.9 Å². The lowest BCUT2D eigenvalue weighted by Crippen LogP contribution is -2.46. The summed E-state index contributed by atoms with van der Waals surface area (Å²) in [6.07, 6.45) is -1.84. The molecular formula is C14H17F3N4O4. The predicted octanol–water partition coefficient (Wildman–Crippen LogP) is 1.51. The van der Waals surface area contributed by atoms with E-state index < -0.39 is 24.7 Å². The Labute approximate surface area is 140 Å². The van der Waals surface area contributed by atoms with Crippen LogP contribution in [-0.2, 0) is 4.74 Å². The van der Waals surface area contributed by atoms with Gasteiger partial charge in [0, 0.05) is 25.7 Å². The summed E-state index contributed by atoms with van der Waals surface area (Å²) in [5.41, 5.74) is 2.24. The van der Waals surface area contributed by atoms with E-state index in [0.29, 0.717) is 24.0 Å². The van der Waals surface area contributed by atoms with E-state index in [1.54, 1.807) is 0 Å². The van der Waals surface area contributed by atoms with E-state index in [1.165, 1.54) is 6.26 Å². The van der Waals surface area contributed by atoms with E-state index in [1.807, 2.05) is 0 Å². The first-order valence-electron chi connectivity index (χ1n) is 7.81. The summed E-state index contributed by atoms with van der Waals surface area (Å²) in [6.45, 7) is -0.329. The van der Waals surface area contributed by atoms with Gasteiger partial charge in [-0.1, -0.05) is 0 Å². The third-order valence-electron chi connectivity index (χ3n) is 4.03. The standard InChI is InChI=1S/C14H17F3N4O4/c15-14(16,17)8-20-3-4-21(13(20)23)19-11(22)10-7-25-12(18-10)9-1-5-24-6-2-9/h7,9H,1-6,8H2,(H,19,22). The molecule has 11 heteroatoms. The van der Waals surface area contributed by atoms with Gasteiger partial charge in [0.25, 0.3) is 5.91 Å². The van der Waals surface area contributed by atoms with Gasteiger partial charge in [0.15, 0.2) is 11.6 Å². The SMILES string of the molecule is O=C(NN1CCN(CC(F)(F)F)C1=O)c1coc(C2CCOCC2)n1. The molecule has 1 aromatic rings. The summed E-state index contributed by atoms with van der Waals surface area (Å²) < 4.78 is 47.7. The normalized spacial score (nSPS) is 19.6. The first-order chi connectivity index (χ1) is 11.8. The van der Waals surface area contributed by atoms with Gasteiger partial charge in [-0.05, 0) is 12.8 Å². The fraction of sp³-hybridized carbons (Fsp3) is 0.643. The van der Waals surface area contributed by atoms with Crippen LogP contribution in [0.4, 0.5) is 18.0 Å². The minimum atomic E-state index is -4.49. The molecule has 2 aliphatic rings. The second-order valence-electron chi connectivity index (χ2n) is 5.87. The number of aromatic nitrogens is 1. The minimum absolute atomic E-state index is 0.0245. The van der Waals surface area contributed by atoms with Crippen molar-refractivity contribution in [3.8, 4) is 0 Å². The van der Waals surface area contributed by atoms with E-state index >= 15 is 0 Å². The minimum Gasteiger partial charge on any atom is -0.448 e. The molecule has 0 bridgehead atoms. The zero-order valence-corrected chi connectivity index (χ0v) is 13.2. The Balaban J connectivity index is 1.57. The van der Waals surface area contributed by atoms with Crippen LogP contribution < -0.4 is 5.43 Å². The van der Waals surface area contributed by atoms with E-state index in [9.17, 15) is 22.8 Å². The quantitative estimate of drug-likeness (QED) is 0.877. The molecule has 1 aromatic heterocycles. The van der Waals surface area contributed by atoms with Crippen LogP contribution in [0.15, 0.2) is 10.7 Å². The molecule has 1 N–H and O–H groups in total. The van der Waals surface area contributed by atoms with Crippen LogP contribution in [0.25, 0.3) is 0 Å². The topological polar surface area (TPSA) is 87.9 Å². The summed E-state index contributed by atoms with van der Waals surface area (Å²) >= 11 is 0. The third kappa shape index (κ3) is 4.21. The number of hydrazine groups is 1. The number of nitrogens with one attached hydrogen (secondary N) is 1. The average Bonchev–Trinajstić information content (AvgIpc) is 3.17. The van der Waals surface area contributed by atoms with Gasteiger partial charge in [-0.15, -0.1) is 0 Å². The third-order valence-corrected chi connectivity index (χ3v) is 4.03. The number of ether oxygens (including phenoxy) is 1. The van der Waals surface area contributed by atoms with Gasteiger partial charge in [0.1, 0.15) is 12.8 Å². The lowest BCUT2D eigenvalue weighted by molar-refractivity contribution is -0.138. The Kier molecular flexibility index (Phi) is 4.84. The number of carbonyl (C=O) groups is 2. The Bertz CT molecular complexity index is 642. The highest BCUT2D eigenvalue weighted by Gasteiger charge is 2.38. The van der Waals surface area contributed by atoms with E-state index in [0.717, 1.165) is 17.9 Å². The zero-order valence-electron chi connectivity index (χ0n) is 13.2. The predicted molar refractivity (Wildman–Crippen MR) is 76.5 cm³/mol. The molecule has 25 heavy (non-hydrogen) atoms. The van der Waals surface area contributed by atoms with Gasteiger partial charge in [0.2, 0.25) is 0 Å². The molecule has 2 saturated heterocycles. The number of carbonyl (C=O) groups excluding carboxylic acids is 2. The number of alkyl halides is 3. The molecule has 3 amide bonds. The van der Waals surface area contributed by atoms with Crippen molar-refractivity contribution in [2.75, 3.05) is 32.8 Å². The second-order valence-corrected chi connectivity index (χ2v) is 5.87. The molecule has 0 unspecified atom stereocenters. The number of rotatable bonds is 4. The van der Waals surface area contributed by atoms with Crippen LogP contribution in [0.5, 0.6) is 0 Å². The maximum absolute atomic E-state index is 12.4. The largest absolute Gasteiger partial charge is 0.448 e. The second kappa shape index (κ2) is 6.90. The molecule has 0 aliphatic carbocycles. The van der Waals surface area contributed by atoms with Crippen molar-refractivity contribution in [1.82, 2.24) is 20.3 Å². The van der Waals surface area contributed by atoms with Gasteiger partial charge < -0.3 is 14.1 Å². The lowest BCUT2D eigenvalue weighted by atomic mass is 10.0. The molecule has 8 nitrogen and oxygen atoms in total. The fourth-order valence-electron chi connectivity index (χ4n) is 2.75. The molecule has 2 fully saturated rings. The summed E-state index contributed by atoms with van der Waals surface area (Å²) in [5.74, 6) is -0.227. The number of nitrogens with zero attached hydrogens (tertiary/aromatic N) is 3. The van der Waals surface area contributed by atoms with E-state index in [2.05, 4.69) is 10.4 Å². The molecule has 3 rings (SSSR count). The first kappa shape index (κ1) is 17.5. The van der Waals surface area contributed by atoms with E-state index in [-0.39, 0.29) is 24.7 Å². The maximum atomic E-state index is 12.4. The summed E-state index contributed by atoms with van der Waals surface area (Å²) in [5, 5.41) is 0.844. The van der Waals surface area contributed by atoms with Crippen molar-refractivity contribution >= 4 is 11.9 Å². The van der Waals surface area contributed by atoms with Gasteiger partial charge in [0.05, 0.1) is 6.54 Å². The molecule has 0 aromatic carbocycles. The summed E-state index contributed by atoms with van der Waals surface area (Å²) in [7, 11) is 0.